The molecule has 13 heavy (non-hydrogen) atoms. The molecule has 5 heteroatoms. The first-order chi connectivity index (χ1) is 6.31. The number of ether oxygens (including phenoxy) is 1. The summed E-state index contributed by atoms with van der Waals surface area (Å²) in [6.45, 7) is 0.897. The summed E-state index contributed by atoms with van der Waals surface area (Å²) in [4.78, 5) is 0. The second-order valence-electron chi connectivity index (χ2n) is 3.35. The van der Waals surface area contributed by atoms with Gasteiger partial charge in [0.05, 0.1) is 12.1 Å². The molecule has 0 aliphatic carbocycles. The van der Waals surface area contributed by atoms with E-state index in [4.69, 9.17) is 4.74 Å². The quantitative estimate of drug-likeness (QED) is 0.692. The van der Waals surface area contributed by atoms with Gasteiger partial charge >= 0.3 is 0 Å². The molecule has 0 saturated carbocycles. The second kappa shape index (κ2) is 3.43. The monoisotopic (exact) mass is 182 g/mol. The van der Waals surface area contributed by atoms with E-state index in [1.165, 1.54) is 0 Å². The number of methoxy groups -OCH3 is 1. The highest BCUT2D eigenvalue weighted by Gasteiger charge is 2.27. The van der Waals surface area contributed by atoms with E-state index in [1.54, 1.807) is 13.4 Å². The average molecular weight is 182 g/mol. The van der Waals surface area contributed by atoms with E-state index in [0.29, 0.717) is 6.10 Å². The Kier molecular flexibility index (Phi) is 2.28. The third-order valence-corrected chi connectivity index (χ3v) is 2.48. The van der Waals surface area contributed by atoms with E-state index in [2.05, 4.69) is 15.5 Å². The van der Waals surface area contributed by atoms with Gasteiger partial charge in [0, 0.05) is 20.7 Å². The normalized spacial score (nSPS) is 28.2. The Labute approximate surface area is 77.1 Å². The first kappa shape index (κ1) is 8.65. The summed E-state index contributed by atoms with van der Waals surface area (Å²) in [7, 11) is 3.70. The van der Waals surface area contributed by atoms with Crippen LogP contribution in [-0.4, -0.2) is 34.5 Å². The zero-order valence-corrected chi connectivity index (χ0v) is 7.90. The van der Waals surface area contributed by atoms with Gasteiger partial charge in [0.15, 0.2) is 0 Å². The molecule has 1 aromatic heterocycles. The largest absolute Gasteiger partial charge is 0.380 e. The van der Waals surface area contributed by atoms with Crippen molar-refractivity contribution in [2.45, 2.75) is 18.6 Å². The molecule has 1 N–H and O–H groups in total. The van der Waals surface area contributed by atoms with Gasteiger partial charge in [0.25, 0.3) is 0 Å². The van der Waals surface area contributed by atoms with Crippen molar-refractivity contribution in [3.05, 3.63) is 12.2 Å². The minimum absolute atomic E-state index is 0.289. The van der Waals surface area contributed by atoms with Crippen LogP contribution in [-0.2, 0) is 11.8 Å². The van der Waals surface area contributed by atoms with Gasteiger partial charge in [-0.3, -0.25) is 0 Å². The number of nitrogens with one attached hydrogen (secondary N) is 1. The van der Waals surface area contributed by atoms with Crippen molar-refractivity contribution in [3.8, 4) is 0 Å². The van der Waals surface area contributed by atoms with Crippen LogP contribution in [0.4, 0.5) is 0 Å². The van der Waals surface area contributed by atoms with Gasteiger partial charge < -0.3 is 14.6 Å². The highest BCUT2D eigenvalue weighted by Crippen LogP contribution is 2.22. The molecule has 0 unspecified atom stereocenters. The molecule has 2 atom stereocenters. The Morgan fingerprint density at radius 1 is 1.69 bits per heavy atom. The van der Waals surface area contributed by atoms with Gasteiger partial charge in [0.2, 0.25) is 0 Å². The van der Waals surface area contributed by atoms with Crippen LogP contribution in [0, 0.1) is 0 Å². The lowest BCUT2D eigenvalue weighted by Crippen LogP contribution is -2.18. The van der Waals surface area contributed by atoms with Crippen molar-refractivity contribution in [2.75, 3.05) is 13.7 Å². The standard InChI is InChI=1S/C8H14N4O/c1-12-5-10-11-8(12)7-3-6(13-2)4-9-7/h5-7,9H,3-4H2,1-2H3/t6-,7-/m0/s1. The topological polar surface area (TPSA) is 52.0 Å². The summed E-state index contributed by atoms with van der Waals surface area (Å²) in [6, 6.07) is 0.289. The van der Waals surface area contributed by atoms with Crippen LogP contribution >= 0.6 is 0 Å². The van der Waals surface area contributed by atoms with Gasteiger partial charge in [-0.05, 0) is 6.42 Å². The Bertz CT molecular complexity index is 285. The Hall–Kier alpha value is -0.940. The fraction of sp³-hybridized carbons (Fsp3) is 0.750. The van der Waals surface area contributed by atoms with Gasteiger partial charge in [0.1, 0.15) is 12.2 Å². The van der Waals surface area contributed by atoms with E-state index in [-0.39, 0.29) is 6.04 Å². The number of hydrogen-bond acceptors (Lipinski definition) is 4. The number of hydrogen-bond donors (Lipinski definition) is 1. The fourth-order valence-electron chi connectivity index (χ4n) is 1.69. The third-order valence-electron chi connectivity index (χ3n) is 2.48. The minimum Gasteiger partial charge on any atom is -0.380 e. The lowest BCUT2D eigenvalue weighted by atomic mass is 10.2. The molecule has 2 rings (SSSR count). The molecule has 5 nitrogen and oxygen atoms in total. The maximum absolute atomic E-state index is 5.26. The van der Waals surface area contributed by atoms with Gasteiger partial charge in [-0.1, -0.05) is 0 Å². The van der Waals surface area contributed by atoms with E-state index in [9.17, 15) is 0 Å². The highest BCUT2D eigenvalue weighted by atomic mass is 16.5. The molecule has 1 fully saturated rings. The Morgan fingerprint density at radius 2 is 2.54 bits per heavy atom. The molecule has 0 amide bonds. The summed E-state index contributed by atoms with van der Waals surface area (Å²) in [5.74, 6) is 0.986. The third kappa shape index (κ3) is 1.57. The molecule has 0 spiro atoms. The maximum Gasteiger partial charge on any atom is 0.149 e. The number of nitrogens with zero attached hydrogens (tertiary/aromatic N) is 3. The van der Waals surface area contributed by atoms with Crippen LogP contribution in [0.25, 0.3) is 0 Å². The van der Waals surface area contributed by atoms with Gasteiger partial charge in [-0.25, -0.2) is 0 Å². The summed E-state index contributed by atoms with van der Waals surface area (Å²) < 4.78 is 7.20. The molecule has 1 saturated heterocycles. The Morgan fingerprint density at radius 3 is 3.08 bits per heavy atom. The lowest BCUT2D eigenvalue weighted by molar-refractivity contribution is 0.117. The SMILES string of the molecule is CO[C@@H]1CN[C@H](c2nncn2C)C1. The number of aromatic nitrogens is 3. The van der Waals surface area contributed by atoms with Crippen LogP contribution in [0.5, 0.6) is 0 Å². The molecule has 2 heterocycles. The minimum atomic E-state index is 0.289. The molecular weight excluding hydrogens is 168 g/mol. The molecule has 0 aromatic carbocycles. The summed E-state index contributed by atoms with van der Waals surface area (Å²) >= 11 is 0. The van der Waals surface area contributed by atoms with E-state index >= 15 is 0 Å². The van der Waals surface area contributed by atoms with Crippen molar-refractivity contribution in [2.24, 2.45) is 7.05 Å². The van der Waals surface area contributed by atoms with E-state index in [0.717, 1.165) is 18.8 Å². The molecule has 72 valence electrons. The summed E-state index contributed by atoms with van der Waals surface area (Å²) in [5, 5.41) is 11.3. The molecular formula is C8H14N4O. The zero-order valence-electron chi connectivity index (χ0n) is 7.90. The summed E-state index contributed by atoms with van der Waals surface area (Å²) in [5.41, 5.74) is 0. The fourth-order valence-corrected chi connectivity index (χ4v) is 1.69. The first-order valence-corrected chi connectivity index (χ1v) is 4.41. The average Bonchev–Trinajstić information content (AvgIpc) is 2.71. The van der Waals surface area contributed by atoms with Crippen LogP contribution in [0.15, 0.2) is 6.33 Å². The van der Waals surface area contributed by atoms with Crippen molar-refractivity contribution in [1.29, 1.82) is 0 Å². The van der Waals surface area contributed by atoms with Crippen molar-refractivity contribution in [3.63, 3.8) is 0 Å². The van der Waals surface area contributed by atoms with Crippen LogP contribution in [0.1, 0.15) is 18.3 Å². The number of aryl methyl sites for hydroxylation is 1. The zero-order chi connectivity index (χ0) is 9.26. The maximum atomic E-state index is 5.26. The molecule has 1 aliphatic rings. The van der Waals surface area contributed by atoms with E-state index < -0.39 is 0 Å². The lowest BCUT2D eigenvalue weighted by Gasteiger charge is -2.08. The van der Waals surface area contributed by atoms with Crippen molar-refractivity contribution < 1.29 is 4.74 Å². The van der Waals surface area contributed by atoms with Crippen LogP contribution in [0.3, 0.4) is 0 Å². The summed E-state index contributed by atoms with van der Waals surface area (Å²) in [6.07, 6.45) is 3.00. The van der Waals surface area contributed by atoms with E-state index in [1.807, 2.05) is 11.6 Å². The molecule has 1 aliphatic heterocycles. The van der Waals surface area contributed by atoms with Crippen LogP contribution < -0.4 is 5.32 Å². The molecule has 0 radical (unpaired) electrons. The predicted octanol–water partition coefficient (Wildman–Crippen LogP) is -0.136. The smallest absolute Gasteiger partial charge is 0.149 e. The second-order valence-corrected chi connectivity index (χ2v) is 3.35. The van der Waals surface area contributed by atoms with Gasteiger partial charge in [-0.2, -0.15) is 0 Å². The van der Waals surface area contributed by atoms with Crippen molar-refractivity contribution in [1.82, 2.24) is 20.1 Å². The Balaban J connectivity index is 2.08. The van der Waals surface area contributed by atoms with Crippen molar-refractivity contribution >= 4 is 0 Å². The number of rotatable bonds is 2. The highest BCUT2D eigenvalue weighted by molar-refractivity contribution is 4.99. The molecule has 0 bridgehead atoms. The molecule has 1 aromatic rings. The van der Waals surface area contributed by atoms with Crippen LogP contribution in [0.2, 0.25) is 0 Å². The first-order valence-electron chi connectivity index (χ1n) is 4.41. The van der Waals surface area contributed by atoms with Gasteiger partial charge in [-0.15, -0.1) is 10.2 Å². The predicted molar refractivity (Wildman–Crippen MR) is 47.2 cm³/mol.